The van der Waals surface area contributed by atoms with Gasteiger partial charge in [-0.15, -0.1) is 10.2 Å². The van der Waals surface area contributed by atoms with Crippen LogP contribution >= 0.6 is 0 Å². The Balaban J connectivity index is 1.63. The highest BCUT2D eigenvalue weighted by Gasteiger charge is 2.08. The Labute approximate surface area is 129 Å². The van der Waals surface area contributed by atoms with E-state index in [0.29, 0.717) is 18.2 Å². The van der Waals surface area contributed by atoms with Crippen molar-refractivity contribution in [3.8, 4) is 5.75 Å². The molecule has 0 saturated heterocycles. The Kier molecular flexibility index (Phi) is 4.19. The van der Waals surface area contributed by atoms with Crippen LogP contribution in [0.1, 0.15) is 28.5 Å². The van der Waals surface area contributed by atoms with Gasteiger partial charge in [0.05, 0.1) is 6.42 Å². The lowest BCUT2D eigenvalue weighted by Gasteiger charge is -2.07. The van der Waals surface area contributed by atoms with Crippen LogP contribution in [-0.2, 0) is 13.0 Å². The zero-order valence-corrected chi connectivity index (χ0v) is 12.7. The second kappa shape index (κ2) is 6.43. The normalized spacial score (nSPS) is 10.6. The summed E-state index contributed by atoms with van der Waals surface area (Å²) in [7, 11) is 0. The van der Waals surface area contributed by atoms with Crippen LogP contribution in [0.25, 0.3) is 0 Å². The van der Waals surface area contributed by atoms with Crippen molar-refractivity contribution < 1.29 is 9.15 Å². The lowest BCUT2D eigenvalue weighted by molar-refractivity contribution is 0.258. The van der Waals surface area contributed by atoms with Crippen LogP contribution in [0, 0.1) is 13.8 Å². The van der Waals surface area contributed by atoms with Crippen molar-refractivity contribution in [3.05, 3.63) is 77.0 Å². The van der Waals surface area contributed by atoms with Crippen molar-refractivity contribution in [2.75, 3.05) is 0 Å². The molecule has 0 amide bonds. The molecular weight excluding hydrogens is 276 g/mol. The molecule has 3 rings (SSSR count). The number of aromatic nitrogens is 2. The molecule has 2 aromatic carbocycles. The highest BCUT2D eigenvalue weighted by Crippen LogP contribution is 2.20. The van der Waals surface area contributed by atoms with Crippen LogP contribution in [-0.4, -0.2) is 10.2 Å². The average molecular weight is 294 g/mol. The molecule has 1 aromatic heterocycles. The van der Waals surface area contributed by atoms with Crippen molar-refractivity contribution in [1.82, 2.24) is 10.2 Å². The quantitative estimate of drug-likeness (QED) is 0.717. The van der Waals surface area contributed by atoms with Gasteiger partial charge in [-0.25, -0.2) is 0 Å². The molecule has 0 N–H and O–H groups in total. The zero-order valence-electron chi connectivity index (χ0n) is 12.7. The molecule has 0 saturated carbocycles. The number of hydrogen-bond donors (Lipinski definition) is 0. The van der Waals surface area contributed by atoms with E-state index in [1.165, 1.54) is 0 Å². The molecule has 0 spiro atoms. The first kappa shape index (κ1) is 14.3. The van der Waals surface area contributed by atoms with E-state index in [0.717, 1.165) is 22.4 Å². The number of aryl methyl sites for hydroxylation is 2. The highest BCUT2D eigenvalue weighted by molar-refractivity contribution is 5.35. The Morgan fingerprint density at radius 2 is 1.73 bits per heavy atom. The standard InChI is InChI=1S/C18H18N2O2/c1-13-8-9-14(2)16(10-13)21-12-18-20-19-17(22-18)11-15-6-4-3-5-7-15/h3-10H,11-12H2,1-2H3. The summed E-state index contributed by atoms with van der Waals surface area (Å²) in [6, 6.07) is 16.2. The number of rotatable bonds is 5. The summed E-state index contributed by atoms with van der Waals surface area (Å²) < 4.78 is 11.4. The number of benzene rings is 2. The van der Waals surface area contributed by atoms with Gasteiger partial charge in [-0.05, 0) is 36.6 Å². The minimum Gasteiger partial charge on any atom is -0.484 e. The first-order valence-corrected chi connectivity index (χ1v) is 7.26. The maximum absolute atomic E-state index is 5.77. The number of nitrogens with zero attached hydrogens (tertiary/aromatic N) is 2. The summed E-state index contributed by atoms with van der Waals surface area (Å²) in [6.07, 6.45) is 0.636. The molecular formula is C18H18N2O2. The van der Waals surface area contributed by atoms with Crippen LogP contribution in [0.2, 0.25) is 0 Å². The summed E-state index contributed by atoms with van der Waals surface area (Å²) in [4.78, 5) is 0. The summed E-state index contributed by atoms with van der Waals surface area (Å²) >= 11 is 0. The first-order chi connectivity index (χ1) is 10.7. The predicted molar refractivity (Wildman–Crippen MR) is 83.8 cm³/mol. The van der Waals surface area contributed by atoms with Crippen molar-refractivity contribution >= 4 is 0 Å². The Hall–Kier alpha value is -2.62. The zero-order chi connectivity index (χ0) is 15.4. The van der Waals surface area contributed by atoms with Crippen molar-refractivity contribution in [2.24, 2.45) is 0 Å². The Morgan fingerprint density at radius 3 is 2.55 bits per heavy atom. The maximum Gasteiger partial charge on any atom is 0.253 e. The molecule has 0 radical (unpaired) electrons. The first-order valence-electron chi connectivity index (χ1n) is 7.26. The minimum atomic E-state index is 0.284. The van der Waals surface area contributed by atoms with Crippen LogP contribution < -0.4 is 4.74 Å². The van der Waals surface area contributed by atoms with E-state index in [2.05, 4.69) is 16.3 Å². The molecule has 0 fully saturated rings. The molecule has 3 aromatic rings. The SMILES string of the molecule is Cc1ccc(C)c(OCc2nnc(Cc3ccccc3)o2)c1. The van der Waals surface area contributed by atoms with Gasteiger partial charge in [0, 0.05) is 0 Å². The van der Waals surface area contributed by atoms with E-state index in [1.54, 1.807) is 0 Å². The fraction of sp³-hybridized carbons (Fsp3) is 0.222. The Bertz CT molecular complexity index is 751. The Morgan fingerprint density at radius 1 is 0.955 bits per heavy atom. The van der Waals surface area contributed by atoms with Crippen LogP contribution in [0.3, 0.4) is 0 Å². The van der Waals surface area contributed by atoms with E-state index in [1.807, 2.05) is 56.3 Å². The van der Waals surface area contributed by atoms with E-state index in [4.69, 9.17) is 9.15 Å². The average Bonchev–Trinajstić information content (AvgIpc) is 2.97. The van der Waals surface area contributed by atoms with Crippen molar-refractivity contribution in [3.63, 3.8) is 0 Å². The summed E-state index contributed by atoms with van der Waals surface area (Å²) in [5, 5.41) is 8.10. The topological polar surface area (TPSA) is 48.2 Å². The fourth-order valence-electron chi connectivity index (χ4n) is 2.19. The van der Waals surface area contributed by atoms with E-state index < -0.39 is 0 Å². The predicted octanol–water partition coefficient (Wildman–Crippen LogP) is 3.86. The van der Waals surface area contributed by atoms with E-state index in [9.17, 15) is 0 Å². The van der Waals surface area contributed by atoms with E-state index >= 15 is 0 Å². The molecule has 0 unspecified atom stereocenters. The molecule has 0 aliphatic carbocycles. The molecule has 0 aliphatic heterocycles. The fourth-order valence-corrected chi connectivity index (χ4v) is 2.19. The monoisotopic (exact) mass is 294 g/mol. The number of hydrogen-bond acceptors (Lipinski definition) is 4. The van der Waals surface area contributed by atoms with Crippen LogP contribution in [0.5, 0.6) is 5.75 Å². The van der Waals surface area contributed by atoms with Crippen molar-refractivity contribution in [2.45, 2.75) is 26.9 Å². The van der Waals surface area contributed by atoms with Crippen LogP contribution in [0.4, 0.5) is 0 Å². The van der Waals surface area contributed by atoms with Gasteiger partial charge in [-0.1, -0.05) is 42.5 Å². The summed E-state index contributed by atoms with van der Waals surface area (Å²) in [5.41, 5.74) is 3.40. The molecule has 112 valence electrons. The molecule has 22 heavy (non-hydrogen) atoms. The second-order valence-corrected chi connectivity index (χ2v) is 5.31. The van der Waals surface area contributed by atoms with Gasteiger partial charge in [0.25, 0.3) is 5.89 Å². The third-order valence-corrected chi connectivity index (χ3v) is 3.40. The number of ether oxygens (including phenoxy) is 1. The van der Waals surface area contributed by atoms with Gasteiger partial charge in [0.15, 0.2) is 6.61 Å². The van der Waals surface area contributed by atoms with Gasteiger partial charge >= 0.3 is 0 Å². The van der Waals surface area contributed by atoms with Gasteiger partial charge < -0.3 is 9.15 Å². The van der Waals surface area contributed by atoms with Gasteiger partial charge in [0.1, 0.15) is 5.75 Å². The molecule has 4 nitrogen and oxygen atoms in total. The molecule has 0 aliphatic rings. The van der Waals surface area contributed by atoms with Gasteiger partial charge in [-0.2, -0.15) is 0 Å². The lowest BCUT2D eigenvalue weighted by atomic mass is 10.1. The molecule has 1 heterocycles. The smallest absolute Gasteiger partial charge is 0.253 e. The van der Waals surface area contributed by atoms with E-state index in [-0.39, 0.29) is 6.61 Å². The molecule has 0 bridgehead atoms. The molecule has 4 heteroatoms. The van der Waals surface area contributed by atoms with Gasteiger partial charge in [0.2, 0.25) is 5.89 Å². The van der Waals surface area contributed by atoms with Gasteiger partial charge in [-0.3, -0.25) is 0 Å². The molecule has 0 atom stereocenters. The van der Waals surface area contributed by atoms with Crippen LogP contribution in [0.15, 0.2) is 52.9 Å². The lowest BCUT2D eigenvalue weighted by Crippen LogP contribution is -1.97. The van der Waals surface area contributed by atoms with Crippen molar-refractivity contribution in [1.29, 1.82) is 0 Å². The third kappa shape index (κ3) is 3.52. The second-order valence-electron chi connectivity index (χ2n) is 5.31. The maximum atomic E-state index is 5.77. The largest absolute Gasteiger partial charge is 0.484 e. The third-order valence-electron chi connectivity index (χ3n) is 3.40. The summed E-state index contributed by atoms with van der Waals surface area (Å²) in [6.45, 7) is 4.34. The highest BCUT2D eigenvalue weighted by atomic mass is 16.5. The summed E-state index contributed by atoms with van der Waals surface area (Å²) in [5.74, 6) is 1.94. The minimum absolute atomic E-state index is 0.284.